The molecule has 1 saturated heterocycles. The number of carbonyl (C=O) groups is 1. The summed E-state index contributed by atoms with van der Waals surface area (Å²) >= 11 is 6.16. The summed E-state index contributed by atoms with van der Waals surface area (Å²) in [5.74, 6) is 0.776. The van der Waals surface area contributed by atoms with E-state index in [-0.39, 0.29) is 12.2 Å². The summed E-state index contributed by atoms with van der Waals surface area (Å²) < 4.78 is 11.5. The number of nitrogens with zero attached hydrogens (tertiary/aromatic N) is 2. The Morgan fingerprint density at radius 3 is 2.64 bits per heavy atom. The maximum absolute atomic E-state index is 12.1. The maximum Gasteiger partial charge on any atom is 0.410 e. The molecule has 0 radical (unpaired) electrons. The Labute approximate surface area is 152 Å². The molecule has 1 aliphatic rings. The van der Waals surface area contributed by atoms with E-state index in [1.807, 2.05) is 39.0 Å². The van der Waals surface area contributed by atoms with Gasteiger partial charge in [-0.1, -0.05) is 11.6 Å². The molecule has 5 nitrogen and oxygen atoms in total. The summed E-state index contributed by atoms with van der Waals surface area (Å²) in [5, 5.41) is 1.60. The molecule has 0 saturated carbocycles. The van der Waals surface area contributed by atoms with Gasteiger partial charge in [0.25, 0.3) is 0 Å². The van der Waals surface area contributed by atoms with Gasteiger partial charge in [0.1, 0.15) is 17.5 Å². The van der Waals surface area contributed by atoms with Crippen molar-refractivity contribution in [3.63, 3.8) is 0 Å². The number of likely N-dealkylation sites (tertiary alicyclic amines) is 1. The summed E-state index contributed by atoms with van der Waals surface area (Å²) in [7, 11) is 0. The molecule has 6 heteroatoms. The van der Waals surface area contributed by atoms with E-state index in [1.54, 1.807) is 17.2 Å². The molecule has 0 aliphatic carbocycles. The van der Waals surface area contributed by atoms with Crippen LogP contribution in [0.2, 0.25) is 5.02 Å². The Kier molecular flexibility index (Phi) is 5.04. The number of rotatable bonds is 2. The monoisotopic (exact) mass is 362 g/mol. The summed E-state index contributed by atoms with van der Waals surface area (Å²) in [5.41, 5.74) is 0.347. The van der Waals surface area contributed by atoms with Gasteiger partial charge in [-0.25, -0.2) is 4.79 Å². The van der Waals surface area contributed by atoms with E-state index in [0.29, 0.717) is 18.1 Å². The van der Waals surface area contributed by atoms with Crippen LogP contribution >= 0.6 is 11.6 Å². The second-order valence-electron chi connectivity index (χ2n) is 7.26. The second-order valence-corrected chi connectivity index (χ2v) is 7.66. The van der Waals surface area contributed by atoms with Gasteiger partial charge in [0.2, 0.25) is 0 Å². The summed E-state index contributed by atoms with van der Waals surface area (Å²) in [6, 6.07) is 7.52. The van der Waals surface area contributed by atoms with Crippen LogP contribution in [-0.4, -0.2) is 40.8 Å². The molecular formula is C19H23ClN2O3. The van der Waals surface area contributed by atoms with Crippen LogP contribution < -0.4 is 4.74 Å². The molecule has 2 heterocycles. The fourth-order valence-corrected chi connectivity index (χ4v) is 3.06. The summed E-state index contributed by atoms with van der Waals surface area (Å²) in [4.78, 5) is 18.2. The van der Waals surface area contributed by atoms with Crippen molar-refractivity contribution < 1.29 is 14.3 Å². The van der Waals surface area contributed by atoms with Crippen LogP contribution in [0.1, 0.15) is 33.6 Å². The lowest BCUT2D eigenvalue weighted by Gasteiger charge is -2.33. The number of halogens is 1. The van der Waals surface area contributed by atoms with Crippen molar-refractivity contribution in [2.75, 3.05) is 13.1 Å². The van der Waals surface area contributed by atoms with Crippen molar-refractivity contribution in [3.05, 3.63) is 35.5 Å². The topological polar surface area (TPSA) is 51.7 Å². The fourth-order valence-electron chi connectivity index (χ4n) is 2.84. The highest BCUT2D eigenvalue weighted by Gasteiger charge is 2.27. The molecule has 1 aromatic carbocycles. The Hall–Kier alpha value is -2.01. The third-order valence-corrected chi connectivity index (χ3v) is 4.39. The van der Waals surface area contributed by atoms with Gasteiger partial charge < -0.3 is 14.4 Å². The summed E-state index contributed by atoms with van der Waals surface area (Å²) in [6.45, 7) is 6.90. The lowest BCUT2D eigenvalue weighted by molar-refractivity contribution is 0.0127. The molecule has 1 amide bonds. The quantitative estimate of drug-likeness (QED) is 0.779. The van der Waals surface area contributed by atoms with E-state index in [4.69, 9.17) is 21.1 Å². The number of amides is 1. The van der Waals surface area contributed by atoms with Crippen LogP contribution in [0.5, 0.6) is 5.75 Å². The highest BCUT2D eigenvalue weighted by molar-refractivity contribution is 6.35. The van der Waals surface area contributed by atoms with Crippen LogP contribution in [0.15, 0.2) is 30.5 Å². The molecule has 1 fully saturated rings. The van der Waals surface area contributed by atoms with E-state index in [9.17, 15) is 4.79 Å². The van der Waals surface area contributed by atoms with Crippen LogP contribution in [0, 0.1) is 0 Å². The molecule has 0 spiro atoms. The third kappa shape index (κ3) is 4.54. The number of fused-ring (bicyclic) bond motifs is 1. The number of hydrogen-bond acceptors (Lipinski definition) is 4. The molecule has 134 valence electrons. The van der Waals surface area contributed by atoms with E-state index < -0.39 is 5.60 Å². The van der Waals surface area contributed by atoms with Crippen LogP contribution in [-0.2, 0) is 4.74 Å². The first-order valence-corrected chi connectivity index (χ1v) is 8.88. The predicted molar refractivity (Wildman–Crippen MR) is 98.2 cm³/mol. The molecule has 0 unspecified atom stereocenters. The van der Waals surface area contributed by atoms with Gasteiger partial charge in [0.05, 0.1) is 10.5 Å². The number of ether oxygens (including phenoxy) is 2. The van der Waals surface area contributed by atoms with Crippen LogP contribution in [0.25, 0.3) is 10.9 Å². The molecule has 25 heavy (non-hydrogen) atoms. The van der Waals surface area contributed by atoms with Gasteiger partial charge in [-0.15, -0.1) is 0 Å². The maximum atomic E-state index is 12.1. The van der Waals surface area contributed by atoms with Gasteiger partial charge in [-0.05, 0) is 39.0 Å². The van der Waals surface area contributed by atoms with Crippen molar-refractivity contribution >= 4 is 28.6 Å². The van der Waals surface area contributed by atoms with E-state index in [1.165, 1.54) is 0 Å². The standard InChI is InChI=1S/C19H23ClN2O3/c1-19(2,3)25-18(23)22-10-7-13(8-11-22)24-14-4-5-15-16(20)6-9-21-17(15)12-14/h4-6,9,12-13H,7-8,10-11H2,1-3H3. The number of pyridine rings is 1. The Morgan fingerprint density at radius 2 is 1.96 bits per heavy atom. The van der Waals surface area contributed by atoms with Crippen LogP contribution in [0.3, 0.4) is 0 Å². The zero-order valence-electron chi connectivity index (χ0n) is 14.8. The zero-order valence-corrected chi connectivity index (χ0v) is 15.5. The Balaban J connectivity index is 1.58. The van der Waals surface area contributed by atoms with Crippen molar-refractivity contribution in [3.8, 4) is 5.75 Å². The third-order valence-electron chi connectivity index (χ3n) is 4.06. The van der Waals surface area contributed by atoms with E-state index >= 15 is 0 Å². The molecule has 1 aromatic heterocycles. The molecule has 3 rings (SSSR count). The Morgan fingerprint density at radius 1 is 1.24 bits per heavy atom. The SMILES string of the molecule is CC(C)(C)OC(=O)N1CCC(Oc2ccc3c(Cl)ccnc3c2)CC1. The number of carbonyl (C=O) groups excluding carboxylic acids is 1. The van der Waals surface area contributed by atoms with Gasteiger partial charge in [0.15, 0.2) is 0 Å². The largest absolute Gasteiger partial charge is 0.490 e. The highest BCUT2D eigenvalue weighted by Crippen LogP contribution is 2.27. The predicted octanol–water partition coefficient (Wildman–Crippen LogP) is 4.67. The lowest BCUT2D eigenvalue weighted by atomic mass is 10.1. The van der Waals surface area contributed by atoms with Crippen molar-refractivity contribution in [2.45, 2.75) is 45.3 Å². The fraction of sp³-hybridized carbons (Fsp3) is 0.474. The zero-order chi connectivity index (χ0) is 18.0. The number of aromatic nitrogens is 1. The smallest absolute Gasteiger partial charge is 0.410 e. The van der Waals surface area contributed by atoms with E-state index in [2.05, 4.69) is 4.98 Å². The van der Waals surface area contributed by atoms with Crippen molar-refractivity contribution in [1.82, 2.24) is 9.88 Å². The Bertz CT molecular complexity index is 765. The molecule has 2 aromatic rings. The molecule has 0 atom stereocenters. The first kappa shape index (κ1) is 17.8. The average Bonchev–Trinajstić information content (AvgIpc) is 2.54. The molecule has 0 bridgehead atoms. The number of piperidine rings is 1. The number of benzene rings is 1. The van der Waals surface area contributed by atoms with Crippen molar-refractivity contribution in [1.29, 1.82) is 0 Å². The average molecular weight is 363 g/mol. The molecular weight excluding hydrogens is 340 g/mol. The van der Waals surface area contributed by atoms with Crippen LogP contribution in [0.4, 0.5) is 4.79 Å². The minimum Gasteiger partial charge on any atom is -0.490 e. The minimum atomic E-state index is -0.468. The van der Waals surface area contributed by atoms with Gasteiger partial charge in [0, 0.05) is 43.6 Å². The normalized spacial score (nSPS) is 16.1. The van der Waals surface area contributed by atoms with Gasteiger partial charge in [-0.3, -0.25) is 4.98 Å². The highest BCUT2D eigenvalue weighted by atomic mass is 35.5. The first-order chi connectivity index (χ1) is 11.8. The first-order valence-electron chi connectivity index (χ1n) is 8.51. The summed E-state index contributed by atoms with van der Waals surface area (Å²) in [6.07, 6.45) is 3.07. The molecule has 1 aliphatic heterocycles. The molecule has 0 N–H and O–H groups in total. The van der Waals surface area contributed by atoms with Crippen molar-refractivity contribution in [2.24, 2.45) is 0 Å². The lowest BCUT2D eigenvalue weighted by Crippen LogP contribution is -2.44. The minimum absolute atomic E-state index is 0.0790. The van der Waals surface area contributed by atoms with Gasteiger partial charge in [-0.2, -0.15) is 0 Å². The number of hydrogen-bond donors (Lipinski definition) is 0. The van der Waals surface area contributed by atoms with Gasteiger partial charge >= 0.3 is 6.09 Å². The van der Waals surface area contributed by atoms with E-state index in [0.717, 1.165) is 29.5 Å². The second kappa shape index (κ2) is 7.08.